The molecule has 0 aliphatic rings. The summed E-state index contributed by atoms with van der Waals surface area (Å²) in [6.07, 6.45) is 5.41. The Balaban J connectivity index is 1.59. The van der Waals surface area contributed by atoms with E-state index in [0.29, 0.717) is 16.9 Å². The van der Waals surface area contributed by atoms with Crippen molar-refractivity contribution in [3.8, 4) is 23.0 Å². The number of rotatable bonds is 5. The molecule has 8 heteroatoms. The van der Waals surface area contributed by atoms with Crippen LogP contribution in [0, 0.1) is 18.3 Å². The van der Waals surface area contributed by atoms with Gasteiger partial charge in [-0.1, -0.05) is 23.4 Å². The summed E-state index contributed by atoms with van der Waals surface area (Å²) < 4.78 is 3.36. The Labute approximate surface area is 186 Å². The van der Waals surface area contributed by atoms with Crippen LogP contribution in [0.2, 0.25) is 0 Å². The van der Waals surface area contributed by atoms with E-state index in [-0.39, 0.29) is 5.91 Å². The molecule has 0 spiro atoms. The first-order valence-corrected chi connectivity index (χ1v) is 10.1. The molecule has 0 radical (unpaired) electrons. The molecule has 8 nitrogen and oxygen atoms in total. The lowest BCUT2D eigenvalue weighted by Crippen LogP contribution is -2.16. The molecule has 0 unspecified atom stereocenters. The number of hydrogen-bond donors (Lipinski definition) is 1. The molecule has 0 fully saturated rings. The Morgan fingerprint density at radius 2 is 1.97 bits per heavy atom. The third-order valence-electron chi connectivity index (χ3n) is 5.33. The fraction of sp³-hybridized carbons (Fsp3) is 0.208. The number of carbonyl (C=O) groups is 1. The van der Waals surface area contributed by atoms with Crippen molar-refractivity contribution in [3.05, 3.63) is 77.7 Å². The zero-order chi connectivity index (χ0) is 22.9. The number of carbonyl (C=O) groups excluding carboxylic acids is 1. The molecule has 0 saturated carbocycles. The van der Waals surface area contributed by atoms with Crippen molar-refractivity contribution in [2.75, 3.05) is 5.32 Å². The van der Waals surface area contributed by atoms with Gasteiger partial charge in [0.1, 0.15) is 5.69 Å². The number of hydrogen-bond acceptors (Lipinski definition) is 5. The molecule has 1 amide bonds. The standard InChI is InChI=1S/C24H23N7O/c1-16-8-9-17(23(32)27-20-7-5-6-19(11-20)24(2,3)15-25)10-22(16)31-14-21(28-29-31)18-12-26-30(4)13-18/h5-14H,1-4H3,(H,27,32). The third kappa shape index (κ3) is 4.14. The molecule has 0 atom stereocenters. The molecule has 2 aromatic heterocycles. The zero-order valence-electron chi connectivity index (χ0n) is 18.4. The number of aryl methyl sites for hydroxylation is 2. The summed E-state index contributed by atoms with van der Waals surface area (Å²) in [6, 6.07) is 15.1. The van der Waals surface area contributed by atoms with Crippen LogP contribution in [0.5, 0.6) is 0 Å². The van der Waals surface area contributed by atoms with Gasteiger partial charge >= 0.3 is 0 Å². The minimum atomic E-state index is -0.642. The van der Waals surface area contributed by atoms with Crippen LogP contribution >= 0.6 is 0 Å². The normalized spacial score (nSPS) is 11.2. The van der Waals surface area contributed by atoms with E-state index in [0.717, 1.165) is 22.4 Å². The second kappa shape index (κ2) is 8.12. The summed E-state index contributed by atoms with van der Waals surface area (Å²) in [5.41, 5.74) is 4.62. The van der Waals surface area contributed by atoms with Crippen molar-refractivity contribution in [1.82, 2.24) is 24.8 Å². The molecule has 0 aliphatic heterocycles. The fourth-order valence-corrected chi connectivity index (χ4v) is 3.32. The van der Waals surface area contributed by atoms with Crippen molar-refractivity contribution in [3.63, 3.8) is 0 Å². The van der Waals surface area contributed by atoms with Crippen LogP contribution in [0.4, 0.5) is 5.69 Å². The highest BCUT2D eigenvalue weighted by Gasteiger charge is 2.20. The van der Waals surface area contributed by atoms with Crippen LogP contribution in [0.25, 0.3) is 16.9 Å². The van der Waals surface area contributed by atoms with E-state index in [1.54, 1.807) is 27.7 Å². The van der Waals surface area contributed by atoms with E-state index >= 15 is 0 Å². The highest BCUT2D eigenvalue weighted by atomic mass is 16.1. The molecule has 160 valence electrons. The number of nitrogens with zero attached hydrogens (tertiary/aromatic N) is 6. The Morgan fingerprint density at radius 3 is 2.69 bits per heavy atom. The summed E-state index contributed by atoms with van der Waals surface area (Å²) >= 11 is 0. The van der Waals surface area contributed by atoms with E-state index in [2.05, 4.69) is 26.8 Å². The maximum atomic E-state index is 12.9. The largest absolute Gasteiger partial charge is 0.322 e. The maximum absolute atomic E-state index is 12.9. The SMILES string of the molecule is Cc1ccc(C(=O)Nc2cccc(C(C)(C)C#N)c2)cc1-n1cc(-c2cnn(C)c2)nn1. The van der Waals surface area contributed by atoms with Crippen LogP contribution in [0.15, 0.2) is 61.1 Å². The second-order valence-electron chi connectivity index (χ2n) is 8.22. The topological polar surface area (TPSA) is 101 Å². The van der Waals surface area contributed by atoms with Crippen LogP contribution < -0.4 is 5.32 Å². The Bertz CT molecular complexity index is 1340. The van der Waals surface area contributed by atoms with E-state index in [1.165, 1.54) is 0 Å². The van der Waals surface area contributed by atoms with Crippen molar-refractivity contribution < 1.29 is 4.79 Å². The minimum absolute atomic E-state index is 0.245. The molecule has 0 saturated heterocycles. The Morgan fingerprint density at radius 1 is 1.16 bits per heavy atom. The van der Waals surface area contributed by atoms with Gasteiger partial charge in [-0.3, -0.25) is 9.48 Å². The van der Waals surface area contributed by atoms with Gasteiger partial charge in [-0.05, 0) is 56.2 Å². The average molecular weight is 425 g/mol. The Hall–Kier alpha value is -4.25. The number of amides is 1. The lowest BCUT2D eigenvalue weighted by molar-refractivity contribution is 0.102. The number of nitrogens with one attached hydrogen (secondary N) is 1. The van der Waals surface area contributed by atoms with Gasteiger partial charge in [0.25, 0.3) is 5.91 Å². The number of anilines is 1. The summed E-state index contributed by atoms with van der Waals surface area (Å²) in [6.45, 7) is 5.64. The second-order valence-corrected chi connectivity index (χ2v) is 8.22. The predicted octanol–water partition coefficient (Wildman–Crippen LogP) is 4.03. The molecule has 2 aromatic carbocycles. The summed E-state index contributed by atoms with van der Waals surface area (Å²) in [5.74, 6) is -0.245. The van der Waals surface area contributed by atoms with Crippen LogP contribution in [-0.2, 0) is 12.5 Å². The first-order valence-electron chi connectivity index (χ1n) is 10.1. The lowest BCUT2D eigenvalue weighted by atomic mass is 9.86. The van der Waals surface area contributed by atoms with Gasteiger partial charge in [0.05, 0.1) is 29.6 Å². The molecule has 0 aliphatic carbocycles. The molecular formula is C24H23N7O. The summed E-state index contributed by atoms with van der Waals surface area (Å²) in [5, 5.41) is 24.9. The summed E-state index contributed by atoms with van der Waals surface area (Å²) in [4.78, 5) is 12.9. The molecule has 0 bridgehead atoms. The zero-order valence-corrected chi connectivity index (χ0v) is 18.4. The predicted molar refractivity (Wildman–Crippen MR) is 121 cm³/mol. The highest BCUT2D eigenvalue weighted by Crippen LogP contribution is 2.25. The van der Waals surface area contributed by atoms with E-state index in [4.69, 9.17) is 0 Å². The monoisotopic (exact) mass is 425 g/mol. The number of aromatic nitrogens is 5. The molecular weight excluding hydrogens is 402 g/mol. The van der Waals surface area contributed by atoms with Crippen molar-refractivity contribution >= 4 is 11.6 Å². The smallest absolute Gasteiger partial charge is 0.255 e. The first kappa shape index (κ1) is 21.0. The van der Waals surface area contributed by atoms with Crippen molar-refractivity contribution in [1.29, 1.82) is 5.26 Å². The highest BCUT2D eigenvalue weighted by molar-refractivity contribution is 6.04. The lowest BCUT2D eigenvalue weighted by Gasteiger charge is -2.17. The van der Waals surface area contributed by atoms with Gasteiger partial charge in [-0.2, -0.15) is 10.4 Å². The summed E-state index contributed by atoms with van der Waals surface area (Å²) in [7, 11) is 1.84. The van der Waals surface area contributed by atoms with Crippen molar-refractivity contribution in [2.24, 2.45) is 7.05 Å². The average Bonchev–Trinajstić information content (AvgIpc) is 3.43. The van der Waals surface area contributed by atoms with E-state index < -0.39 is 5.41 Å². The van der Waals surface area contributed by atoms with E-state index in [9.17, 15) is 10.1 Å². The quantitative estimate of drug-likeness (QED) is 0.520. The molecule has 1 N–H and O–H groups in total. The maximum Gasteiger partial charge on any atom is 0.255 e. The molecule has 4 rings (SSSR count). The van der Waals surface area contributed by atoms with Gasteiger partial charge in [0, 0.05) is 30.1 Å². The van der Waals surface area contributed by atoms with Gasteiger partial charge in [0.15, 0.2) is 0 Å². The molecule has 4 aromatic rings. The van der Waals surface area contributed by atoms with Crippen LogP contribution in [0.3, 0.4) is 0 Å². The van der Waals surface area contributed by atoms with Gasteiger partial charge < -0.3 is 5.32 Å². The van der Waals surface area contributed by atoms with Crippen molar-refractivity contribution in [2.45, 2.75) is 26.2 Å². The van der Waals surface area contributed by atoms with E-state index in [1.807, 2.05) is 70.5 Å². The Kier molecular flexibility index (Phi) is 5.33. The van der Waals surface area contributed by atoms with Crippen LogP contribution in [-0.4, -0.2) is 30.7 Å². The fourth-order valence-electron chi connectivity index (χ4n) is 3.32. The first-order chi connectivity index (χ1) is 15.3. The third-order valence-corrected chi connectivity index (χ3v) is 5.33. The molecule has 32 heavy (non-hydrogen) atoms. The molecule has 2 heterocycles. The number of benzene rings is 2. The minimum Gasteiger partial charge on any atom is -0.322 e. The van der Waals surface area contributed by atoms with Gasteiger partial charge in [0.2, 0.25) is 0 Å². The van der Waals surface area contributed by atoms with Gasteiger partial charge in [-0.15, -0.1) is 5.10 Å². The number of nitriles is 1. The van der Waals surface area contributed by atoms with Gasteiger partial charge in [-0.25, -0.2) is 4.68 Å². The van der Waals surface area contributed by atoms with Crippen LogP contribution in [0.1, 0.15) is 35.3 Å².